The van der Waals surface area contributed by atoms with Gasteiger partial charge in [0.25, 0.3) is 0 Å². The Morgan fingerprint density at radius 1 is 0.305 bits per heavy atom. The summed E-state index contributed by atoms with van der Waals surface area (Å²) in [6, 6.07) is 71.5. The molecular formula is C57H32O2. The van der Waals surface area contributed by atoms with Gasteiger partial charge in [0.1, 0.15) is 22.7 Å². The van der Waals surface area contributed by atoms with Gasteiger partial charge < -0.3 is 9.15 Å². The number of fused-ring (bicyclic) bond motifs is 17. The van der Waals surface area contributed by atoms with E-state index in [4.69, 9.17) is 9.15 Å². The Labute approximate surface area is 340 Å². The second kappa shape index (κ2) is 11.2. The number of hydrogen-bond acceptors (Lipinski definition) is 2. The summed E-state index contributed by atoms with van der Waals surface area (Å²) >= 11 is 0. The molecule has 1 aliphatic heterocycles. The zero-order valence-electron chi connectivity index (χ0n) is 31.8. The topological polar surface area (TPSA) is 22.4 Å². The fourth-order valence-corrected chi connectivity index (χ4v) is 11.1. The van der Waals surface area contributed by atoms with Crippen molar-refractivity contribution in [2.45, 2.75) is 5.41 Å². The van der Waals surface area contributed by atoms with E-state index in [9.17, 15) is 0 Å². The van der Waals surface area contributed by atoms with Crippen molar-refractivity contribution < 1.29 is 9.15 Å². The molecule has 0 atom stereocenters. The first-order chi connectivity index (χ1) is 29.3. The normalized spacial score (nSPS) is 13.7. The van der Waals surface area contributed by atoms with Crippen molar-refractivity contribution in [2.75, 3.05) is 0 Å². The summed E-state index contributed by atoms with van der Waals surface area (Å²) in [6.07, 6.45) is 0. The van der Waals surface area contributed by atoms with Gasteiger partial charge in [-0.15, -0.1) is 0 Å². The van der Waals surface area contributed by atoms with E-state index in [1.54, 1.807) is 0 Å². The summed E-state index contributed by atoms with van der Waals surface area (Å²) in [5.74, 6) is 1.81. The van der Waals surface area contributed by atoms with Gasteiger partial charge >= 0.3 is 0 Å². The van der Waals surface area contributed by atoms with Crippen molar-refractivity contribution in [3.63, 3.8) is 0 Å². The molecule has 2 aliphatic carbocycles. The van der Waals surface area contributed by atoms with Gasteiger partial charge in [-0.2, -0.15) is 0 Å². The van der Waals surface area contributed by atoms with Crippen molar-refractivity contribution in [2.24, 2.45) is 0 Å². The molecule has 3 aliphatic rings. The van der Waals surface area contributed by atoms with E-state index in [1.807, 2.05) is 12.1 Å². The van der Waals surface area contributed by atoms with E-state index in [-0.39, 0.29) is 0 Å². The van der Waals surface area contributed by atoms with Crippen LogP contribution in [0.1, 0.15) is 22.3 Å². The second-order valence-electron chi connectivity index (χ2n) is 16.2. The smallest absolute Gasteiger partial charge is 0.135 e. The highest BCUT2D eigenvalue weighted by molar-refractivity contribution is 6.13. The van der Waals surface area contributed by atoms with Gasteiger partial charge in [0, 0.05) is 21.7 Å². The van der Waals surface area contributed by atoms with Gasteiger partial charge in [-0.3, -0.25) is 0 Å². The first kappa shape index (κ1) is 31.4. The quantitative estimate of drug-likeness (QED) is 0.176. The maximum absolute atomic E-state index is 6.52. The van der Waals surface area contributed by atoms with Crippen LogP contribution in [0, 0.1) is 0 Å². The molecule has 1 aromatic heterocycles. The summed E-state index contributed by atoms with van der Waals surface area (Å²) in [6.45, 7) is 0. The van der Waals surface area contributed by atoms with E-state index in [2.05, 4.69) is 182 Å². The van der Waals surface area contributed by atoms with Gasteiger partial charge in [-0.25, -0.2) is 0 Å². The van der Waals surface area contributed by atoms with Gasteiger partial charge in [-0.1, -0.05) is 158 Å². The van der Waals surface area contributed by atoms with Crippen molar-refractivity contribution in [1.82, 2.24) is 0 Å². The van der Waals surface area contributed by atoms with Gasteiger partial charge in [0.15, 0.2) is 0 Å². The first-order valence-electron chi connectivity index (χ1n) is 20.4. The van der Waals surface area contributed by atoms with Crippen molar-refractivity contribution in [3.8, 4) is 67.1 Å². The van der Waals surface area contributed by atoms with Crippen LogP contribution >= 0.6 is 0 Å². The average Bonchev–Trinajstić information content (AvgIpc) is 3.92. The van der Waals surface area contributed by atoms with Crippen LogP contribution in [0.25, 0.3) is 99.1 Å². The van der Waals surface area contributed by atoms with Crippen molar-refractivity contribution in [1.29, 1.82) is 0 Å². The lowest BCUT2D eigenvalue weighted by molar-refractivity contribution is 0.487. The number of benzene rings is 10. The molecule has 11 aromatic rings. The molecular weight excluding hydrogens is 717 g/mol. The third-order valence-electron chi connectivity index (χ3n) is 13.5. The molecule has 2 nitrogen and oxygen atoms in total. The zero-order valence-corrected chi connectivity index (χ0v) is 31.8. The molecule has 2 heterocycles. The third-order valence-corrected chi connectivity index (χ3v) is 13.5. The van der Waals surface area contributed by atoms with Crippen LogP contribution in [0.5, 0.6) is 11.5 Å². The number of ether oxygens (including phenoxy) is 1. The molecule has 2 heteroatoms. The summed E-state index contributed by atoms with van der Waals surface area (Å²) in [5.41, 5.74) is 19.0. The molecule has 0 radical (unpaired) electrons. The van der Waals surface area contributed by atoms with Crippen LogP contribution in [0.15, 0.2) is 199 Å². The summed E-state index contributed by atoms with van der Waals surface area (Å²) in [7, 11) is 0. The summed E-state index contributed by atoms with van der Waals surface area (Å²) < 4.78 is 12.8. The summed E-state index contributed by atoms with van der Waals surface area (Å²) in [5, 5.41) is 7.17. The Morgan fingerprint density at radius 2 is 0.898 bits per heavy atom. The lowest BCUT2D eigenvalue weighted by atomic mass is 9.69. The van der Waals surface area contributed by atoms with Crippen LogP contribution in [-0.4, -0.2) is 0 Å². The predicted octanol–water partition coefficient (Wildman–Crippen LogP) is 15.3. The predicted molar refractivity (Wildman–Crippen MR) is 241 cm³/mol. The molecule has 10 aromatic carbocycles. The Bertz CT molecular complexity index is 3610. The molecule has 1 spiro atoms. The number of hydrogen-bond donors (Lipinski definition) is 0. The molecule has 0 amide bonds. The molecule has 14 rings (SSSR count). The minimum Gasteiger partial charge on any atom is -0.456 e. The number of rotatable bonds is 2. The van der Waals surface area contributed by atoms with E-state index in [0.717, 1.165) is 39.0 Å². The number of para-hydroxylation sites is 2. The Kier molecular flexibility index (Phi) is 5.99. The highest BCUT2D eigenvalue weighted by Gasteiger charge is 2.52. The average molecular weight is 749 g/mol. The fraction of sp³-hybridized carbons (Fsp3) is 0.0175. The third kappa shape index (κ3) is 3.96. The maximum Gasteiger partial charge on any atom is 0.135 e. The lowest BCUT2D eigenvalue weighted by Gasteiger charge is -2.32. The zero-order chi connectivity index (χ0) is 38.4. The van der Waals surface area contributed by atoms with Gasteiger partial charge in [-0.05, 0) is 125 Å². The summed E-state index contributed by atoms with van der Waals surface area (Å²) in [4.78, 5) is 0. The largest absolute Gasteiger partial charge is 0.456 e. The minimum absolute atomic E-state index is 0.523. The molecule has 0 saturated carbocycles. The van der Waals surface area contributed by atoms with E-state index < -0.39 is 5.41 Å². The van der Waals surface area contributed by atoms with Crippen molar-refractivity contribution >= 4 is 43.5 Å². The van der Waals surface area contributed by atoms with Crippen LogP contribution in [-0.2, 0) is 5.41 Å². The van der Waals surface area contributed by atoms with Gasteiger partial charge in [0.2, 0.25) is 0 Å². The van der Waals surface area contributed by atoms with E-state index >= 15 is 0 Å². The van der Waals surface area contributed by atoms with Crippen LogP contribution in [0.3, 0.4) is 0 Å². The standard InChI is InChI=1S/C57H32O2/c1-5-19-48-38(11-1)39-12-2-6-20-49(39)57(48)50-32-34(36-28-30-54-55-43(36)16-10-17-44(55)41-13-3-7-21-51(41)59-54)23-25-40(50)46-27-26-37-35(15-9-18-45(37)56(46)57)33-24-29-53-47(31-33)42-14-4-8-22-52(42)58-53/h1-32H. The highest BCUT2D eigenvalue weighted by atomic mass is 16.5. The van der Waals surface area contributed by atoms with E-state index in [0.29, 0.717) is 0 Å². The fourth-order valence-electron chi connectivity index (χ4n) is 11.1. The second-order valence-corrected chi connectivity index (χ2v) is 16.2. The Balaban J connectivity index is 1.04. The lowest BCUT2D eigenvalue weighted by Crippen LogP contribution is -2.26. The maximum atomic E-state index is 6.52. The Morgan fingerprint density at radius 3 is 1.76 bits per heavy atom. The van der Waals surface area contributed by atoms with E-state index in [1.165, 1.54) is 93.9 Å². The van der Waals surface area contributed by atoms with Gasteiger partial charge in [0.05, 0.1) is 5.41 Å². The molecule has 272 valence electrons. The highest BCUT2D eigenvalue weighted by Crippen LogP contribution is 2.65. The van der Waals surface area contributed by atoms with Crippen LogP contribution in [0.4, 0.5) is 0 Å². The first-order valence-corrected chi connectivity index (χ1v) is 20.4. The molecule has 59 heavy (non-hydrogen) atoms. The molecule has 0 N–H and O–H groups in total. The Hall–Kier alpha value is -7.68. The molecule has 0 fully saturated rings. The monoisotopic (exact) mass is 748 g/mol. The minimum atomic E-state index is -0.523. The number of furan rings is 1. The SMILES string of the molecule is c1ccc2c(c1)Oc1ccc(-c3ccc4c(c3)C3(c5ccccc5-c5ccccc53)c3c-4ccc4c(-c5ccc6oc7ccccc7c6c5)cccc34)c3cccc-2c13. The molecule has 0 saturated heterocycles. The van der Waals surface area contributed by atoms with Crippen molar-refractivity contribution in [3.05, 3.63) is 216 Å². The molecule has 0 unspecified atom stereocenters. The van der Waals surface area contributed by atoms with Crippen LogP contribution in [0.2, 0.25) is 0 Å². The van der Waals surface area contributed by atoms with Crippen LogP contribution < -0.4 is 4.74 Å². The molecule has 0 bridgehead atoms.